The van der Waals surface area contributed by atoms with Crippen LogP contribution in [0.4, 0.5) is 11.4 Å². The molecule has 0 aromatic heterocycles. The van der Waals surface area contributed by atoms with E-state index < -0.39 is 6.10 Å². The summed E-state index contributed by atoms with van der Waals surface area (Å²) in [5, 5.41) is 20.7. The Balaban J connectivity index is 1.56. The molecule has 1 fully saturated rings. The molecule has 1 saturated heterocycles. The summed E-state index contributed by atoms with van der Waals surface area (Å²) >= 11 is 6.17. The van der Waals surface area contributed by atoms with Crippen LogP contribution >= 0.6 is 11.6 Å². The molecule has 35 heavy (non-hydrogen) atoms. The van der Waals surface area contributed by atoms with Crippen LogP contribution in [0.25, 0.3) is 4.85 Å². The van der Waals surface area contributed by atoms with Crippen molar-refractivity contribution in [1.29, 1.82) is 0 Å². The lowest BCUT2D eigenvalue weighted by Crippen LogP contribution is -2.54. The van der Waals surface area contributed by atoms with Gasteiger partial charge < -0.3 is 19.8 Å². The molecule has 0 spiro atoms. The molecule has 2 N–H and O–H groups in total. The van der Waals surface area contributed by atoms with Crippen molar-refractivity contribution in [3.63, 3.8) is 0 Å². The number of aliphatic hydroxyl groups is 2. The van der Waals surface area contributed by atoms with Gasteiger partial charge in [-0.05, 0) is 54.4 Å². The smallest absolute Gasteiger partial charge is 0.187 e. The second-order valence-electron chi connectivity index (χ2n) is 8.81. The number of halogens is 1. The minimum atomic E-state index is -0.641. The Hall–Kier alpha value is -3.08. The van der Waals surface area contributed by atoms with Crippen LogP contribution in [-0.2, 0) is 0 Å². The van der Waals surface area contributed by atoms with Crippen molar-refractivity contribution in [2.24, 2.45) is 0 Å². The van der Waals surface area contributed by atoms with E-state index in [-0.39, 0.29) is 25.3 Å². The predicted molar refractivity (Wildman–Crippen MR) is 139 cm³/mol. The lowest BCUT2D eigenvalue weighted by atomic mass is 9.97. The number of β-amino-alcohol motifs (C(OH)–C–C–N with tert-alkyl or cyclic N) is 1. The number of aliphatic hydroxyl groups excluding tert-OH is 2. The number of anilines is 1. The molecule has 4 rings (SSSR count). The fourth-order valence-electron chi connectivity index (χ4n) is 4.53. The van der Waals surface area contributed by atoms with Gasteiger partial charge in [-0.25, -0.2) is 4.85 Å². The molecule has 6 nitrogen and oxygen atoms in total. The summed E-state index contributed by atoms with van der Waals surface area (Å²) in [5.41, 5.74) is 3.62. The molecule has 3 atom stereocenters. The zero-order valence-corrected chi connectivity index (χ0v) is 20.5. The average molecular weight is 492 g/mol. The highest BCUT2D eigenvalue weighted by molar-refractivity contribution is 6.30. The van der Waals surface area contributed by atoms with Crippen molar-refractivity contribution in [2.45, 2.75) is 25.1 Å². The third-order valence-electron chi connectivity index (χ3n) is 6.47. The van der Waals surface area contributed by atoms with Gasteiger partial charge in [0.15, 0.2) is 5.69 Å². The Morgan fingerprint density at radius 3 is 2.34 bits per heavy atom. The largest absolute Gasteiger partial charge is 0.491 e. The van der Waals surface area contributed by atoms with E-state index in [9.17, 15) is 5.11 Å². The second-order valence-corrected chi connectivity index (χ2v) is 9.24. The number of benzene rings is 3. The highest BCUT2D eigenvalue weighted by Gasteiger charge is 2.33. The molecule has 0 radical (unpaired) electrons. The van der Waals surface area contributed by atoms with Crippen LogP contribution in [0.3, 0.4) is 0 Å². The zero-order valence-electron chi connectivity index (χ0n) is 19.7. The first-order valence-electron chi connectivity index (χ1n) is 11.7. The van der Waals surface area contributed by atoms with Crippen molar-refractivity contribution in [2.75, 3.05) is 37.7 Å². The van der Waals surface area contributed by atoms with Gasteiger partial charge in [0.05, 0.1) is 25.3 Å². The summed E-state index contributed by atoms with van der Waals surface area (Å²) in [6.07, 6.45) is -0.641. The zero-order chi connectivity index (χ0) is 24.8. The van der Waals surface area contributed by atoms with Gasteiger partial charge in [0.1, 0.15) is 12.4 Å². The van der Waals surface area contributed by atoms with Crippen molar-refractivity contribution in [3.8, 4) is 5.75 Å². The molecule has 1 heterocycles. The third kappa shape index (κ3) is 6.14. The Morgan fingerprint density at radius 1 is 1.03 bits per heavy atom. The normalized spacial score (nSPS) is 19.2. The SMILES string of the molecule is [C-]#[N+]c1ccc([C@H](O)CN2C[C@@H](c3ccc(Cl)cc3)N(c3ccc(OCCO)cc3)C[C@H]2C)cc1. The van der Waals surface area contributed by atoms with E-state index in [1.807, 2.05) is 48.5 Å². The highest BCUT2D eigenvalue weighted by Crippen LogP contribution is 2.35. The van der Waals surface area contributed by atoms with Crippen LogP contribution in [-0.4, -0.2) is 54.0 Å². The van der Waals surface area contributed by atoms with E-state index in [4.69, 9.17) is 28.0 Å². The Morgan fingerprint density at radius 2 is 1.71 bits per heavy atom. The Bertz CT molecular complexity index is 1130. The fraction of sp³-hybridized carbons (Fsp3) is 0.321. The van der Waals surface area contributed by atoms with E-state index in [1.165, 1.54) is 0 Å². The second kappa shape index (κ2) is 11.6. The summed E-state index contributed by atoms with van der Waals surface area (Å²) in [4.78, 5) is 8.14. The molecular weight excluding hydrogens is 462 g/mol. The van der Waals surface area contributed by atoms with Crippen molar-refractivity contribution in [1.82, 2.24) is 4.90 Å². The molecule has 0 amide bonds. The maximum atomic E-state index is 10.9. The van der Waals surface area contributed by atoms with E-state index in [1.54, 1.807) is 12.1 Å². The first-order valence-corrected chi connectivity index (χ1v) is 12.1. The maximum Gasteiger partial charge on any atom is 0.187 e. The summed E-state index contributed by atoms with van der Waals surface area (Å²) < 4.78 is 5.53. The van der Waals surface area contributed by atoms with Crippen LogP contribution in [0.1, 0.15) is 30.2 Å². The van der Waals surface area contributed by atoms with Gasteiger partial charge in [0, 0.05) is 36.4 Å². The topological polar surface area (TPSA) is 60.5 Å². The quantitative estimate of drug-likeness (QED) is 0.421. The van der Waals surface area contributed by atoms with Crippen molar-refractivity contribution >= 4 is 23.0 Å². The number of nitrogens with zero attached hydrogens (tertiary/aromatic N) is 3. The molecule has 1 aliphatic heterocycles. The van der Waals surface area contributed by atoms with E-state index >= 15 is 0 Å². The third-order valence-corrected chi connectivity index (χ3v) is 6.72. The van der Waals surface area contributed by atoms with Gasteiger partial charge in [0.25, 0.3) is 0 Å². The minimum absolute atomic E-state index is 0.0184. The van der Waals surface area contributed by atoms with Crippen LogP contribution in [0.15, 0.2) is 72.8 Å². The number of rotatable bonds is 8. The van der Waals surface area contributed by atoms with E-state index in [2.05, 4.69) is 33.7 Å². The molecule has 7 heteroatoms. The molecule has 1 aliphatic rings. The van der Waals surface area contributed by atoms with E-state index in [0.29, 0.717) is 17.3 Å². The molecule has 0 bridgehead atoms. The number of hydrogen-bond donors (Lipinski definition) is 2. The number of hydrogen-bond acceptors (Lipinski definition) is 5. The number of piperazine rings is 1. The Labute approximate surface area is 211 Å². The molecule has 0 saturated carbocycles. The lowest BCUT2D eigenvalue weighted by Gasteiger charge is -2.47. The van der Waals surface area contributed by atoms with Crippen LogP contribution < -0.4 is 9.64 Å². The molecule has 0 unspecified atom stereocenters. The van der Waals surface area contributed by atoms with Crippen LogP contribution in [0.5, 0.6) is 5.75 Å². The summed E-state index contributed by atoms with van der Waals surface area (Å²) in [6.45, 7) is 11.6. The molecule has 0 aliphatic carbocycles. The van der Waals surface area contributed by atoms with Crippen LogP contribution in [0, 0.1) is 6.57 Å². The van der Waals surface area contributed by atoms with Gasteiger partial charge in [0.2, 0.25) is 0 Å². The molecule has 182 valence electrons. The first-order chi connectivity index (χ1) is 17.0. The molecular formula is C28H30ClN3O3. The van der Waals surface area contributed by atoms with Gasteiger partial charge in [-0.3, -0.25) is 4.90 Å². The summed E-state index contributed by atoms with van der Waals surface area (Å²) in [7, 11) is 0. The van der Waals surface area contributed by atoms with Gasteiger partial charge in [-0.2, -0.15) is 0 Å². The van der Waals surface area contributed by atoms with Gasteiger partial charge in [-0.1, -0.05) is 48.0 Å². The average Bonchev–Trinajstić information content (AvgIpc) is 2.89. The maximum absolute atomic E-state index is 10.9. The summed E-state index contributed by atoms with van der Waals surface area (Å²) in [6, 6.07) is 23.3. The van der Waals surface area contributed by atoms with Crippen molar-refractivity contribution < 1.29 is 14.9 Å². The Kier molecular flexibility index (Phi) is 8.27. The van der Waals surface area contributed by atoms with Gasteiger partial charge >= 0.3 is 0 Å². The molecule has 3 aromatic rings. The first kappa shape index (κ1) is 25.0. The highest BCUT2D eigenvalue weighted by atomic mass is 35.5. The van der Waals surface area contributed by atoms with Crippen molar-refractivity contribution in [3.05, 3.63) is 100 Å². The van der Waals surface area contributed by atoms with Crippen LogP contribution in [0.2, 0.25) is 5.02 Å². The molecule has 3 aromatic carbocycles. The predicted octanol–water partition coefficient (Wildman–Crippen LogP) is 5.25. The number of ether oxygens (including phenoxy) is 1. The minimum Gasteiger partial charge on any atom is -0.491 e. The standard InChI is InChI=1S/C28H30ClN3O3/c1-20-17-32(25-11-13-26(14-12-25)35-16-15-33)27(21-3-7-23(29)8-4-21)18-31(20)19-28(34)22-5-9-24(30-2)10-6-22/h3-14,20,27-28,33-34H,15-19H2,1H3/t20-,27+,28-/m1/s1. The monoisotopic (exact) mass is 491 g/mol. The summed E-state index contributed by atoms with van der Waals surface area (Å²) in [5.74, 6) is 0.727. The van der Waals surface area contributed by atoms with Gasteiger partial charge in [-0.15, -0.1) is 0 Å². The van der Waals surface area contributed by atoms with E-state index in [0.717, 1.165) is 35.7 Å². The fourth-order valence-corrected chi connectivity index (χ4v) is 4.66. The lowest BCUT2D eigenvalue weighted by molar-refractivity contribution is 0.0740.